The van der Waals surface area contributed by atoms with Crippen LogP contribution in [-0.2, 0) is 14.3 Å². The lowest BCUT2D eigenvalue weighted by Crippen LogP contribution is -2.39. The van der Waals surface area contributed by atoms with Gasteiger partial charge in [-0.3, -0.25) is 4.79 Å². The van der Waals surface area contributed by atoms with Crippen LogP contribution >= 0.6 is 0 Å². The van der Waals surface area contributed by atoms with E-state index in [2.05, 4.69) is 5.32 Å². The monoisotopic (exact) mass is 241 g/mol. The zero-order chi connectivity index (χ0) is 12.7. The van der Waals surface area contributed by atoms with Crippen molar-refractivity contribution in [2.75, 3.05) is 6.61 Å². The van der Waals surface area contributed by atoms with Crippen LogP contribution in [0.3, 0.4) is 0 Å². The third-order valence-electron chi connectivity index (χ3n) is 3.27. The lowest BCUT2D eigenvalue weighted by atomic mass is 10.0. The van der Waals surface area contributed by atoms with Crippen LogP contribution in [0.15, 0.2) is 0 Å². The Labute approximate surface area is 103 Å². The first-order valence-corrected chi connectivity index (χ1v) is 6.59. The van der Waals surface area contributed by atoms with Crippen molar-refractivity contribution in [3.8, 4) is 0 Å². The number of nitrogens with one attached hydrogen (secondary N) is 1. The van der Waals surface area contributed by atoms with Gasteiger partial charge in [0.1, 0.15) is 6.04 Å². The molecule has 0 radical (unpaired) electrons. The first kappa shape index (κ1) is 14.0. The van der Waals surface area contributed by atoms with E-state index >= 15 is 0 Å². The molecule has 1 atom stereocenters. The average Bonchev–Trinajstić information content (AvgIpc) is 2.79. The van der Waals surface area contributed by atoms with E-state index in [9.17, 15) is 9.59 Å². The van der Waals surface area contributed by atoms with Crippen LogP contribution in [0.1, 0.15) is 52.4 Å². The van der Waals surface area contributed by atoms with Crippen molar-refractivity contribution in [2.45, 2.75) is 58.4 Å². The molecule has 0 spiro atoms. The maximum atomic E-state index is 11.6. The Bertz CT molecular complexity index is 259. The van der Waals surface area contributed by atoms with Crippen LogP contribution in [0.4, 0.5) is 0 Å². The summed E-state index contributed by atoms with van der Waals surface area (Å²) in [5, 5.41) is 2.67. The highest BCUT2D eigenvalue weighted by molar-refractivity contribution is 5.84. The molecule has 1 fully saturated rings. The number of carbonyl (C=O) groups excluding carboxylic acids is 2. The standard InChI is InChI=1S/C13H23NO3/c1-3-17-13(16)10(2)14-12(15)9-8-11-6-4-5-7-11/h10-11H,3-9H2,1-2H3,(H,14,15). The minimum Gasteiger partial charge on any atom is -0.464 e. The van der Waals surface area contributed by atoms with Crippen LogP contribution in [0.2, 0.25) is 0 Å². The maximum absolute atomic E-state index is 11.6. The second-order valence-corrected chi connectivity index (χ2v) is 4.73. The third kappa shape index (κ3) is 5.20. The summed E-state index contributed by atoms with van der Waals surface area (Å²) in [6.45, 7) is 3.76. The summed E-state index contributed by atoms with van der Waals surface area (Å²) >= 11 is 0. The molecule has 0 aliphatic heterocycles. The Morgan fingerprint density at radius 3 is 2.59 bits per heavy atom. The number of hydrogen-bond donors (Lipinski definition) is 1. The van der Waals surface area contributed by atoms with Gasteiger partial charge in [0, 0.05) is 6.42 Å². The van der Waals surface area contributed by atoms with Crippen molar-refractivity contribution in [1.29, 1.82) is 0 Å². The topological polar surface area (TPSA) is 55.4 Å². The fourth-order valence-corrected chi connectivity index (χ4v) is 2.27. The summed E-state index contributed by atoms with van der Waals surface area (Å²) in [5.74, 6) is 0.304. The zero-order valence-electron chi connectivity index (χ0n) is 10.8. The van der Waals surface area contributed by atoms with E-state index in [0.717, 1.165) is 6.42 Å². The Kier molecular flexibility index (Phi) is 6.01. The van der Waals surface area contributed by atoms with E-state index in [1.54, 1.807) is 13.8 Å². The number of amides is 1. The molecule has 17 heavy (non-hydrogen) atoms. The molecule has 1 unspecified atom stereocenters. The summed E-state index contributed by atoms with van der Waals surface area (Å²) in [5.41, 5.74) is 0. The second-order valence-electron chi connectivity index (χ2n) is 4.73. The van der Waals surface area contributed by atoms with Gasteiger partial charge in [-0.2, -0.15) is 0 Å². The van der Waals surface area contributed by atoms with E-state index in [1.165, 1.54) is 25.7 Å². The summed E-state index contributed by atoms with van der Waals surface area (Å²) in [7, 11) is 0. The summed E-state index contributed by atoms with van der Waals surface area (Å²) in [4.78, 5) is 22.9. The lowest BCUT2D eigenvalue weighted by molar-refractivity contribution is -0.146. The molecule has 98 valence electrons. The van der Waals surface area contributed by atoms with E-state index in [4.69, 9.17) is 4.74 Å². The van der Waals surface area contributed by atoms with Gasteiger partial charge in [-0.1, -0.05) is 25.7 Å². The molecule has 4 nitrogen and oxygen atoms in total. The van der Waals surface area contributed by atoms with E-state index in [0.29, 0.717) is 18.9 Å². The molecule has 0 aromatic heterocycles. The fourth-order valence-electron chi connectivity index (χ4n) is 2.27. The van der Waals surface area contributed by atoms with Crippen LogP contribution < -0.4 is 5.32 Å². The van der Waals surface area contributed by atoms with Gasteiger partial charge in [0.25, 0.3) is 0 Å². The van der Waals surface area contributed by atoms with E-state index in [1.807, 2.05) is 0 Å². The normalized spacial score (nSPS) is 17.8. The molecule has 1 N–H and O–H groups in total. The van der Waals surface area contributed by atoms with Crippen LogP contribution in [0.5, 0.6) is 0 Å². The van der Waals surface area contributed by atoms with Crippen molar-refractivity contribution in [1.82, 2.24) is 5.32 Å². The quantitative estimate of drug-likeness (QED) is 0.724. The van der Waals surface area contributed by atoms with E-state index < -0.39 is 6.04 Å². The van der Waals surface area contributed by atoms with Gasteiger partial charge in [0.15, 0.2) is 0 Å². The number of ether oxygens (including phenoxy) is 1. The smallest absolute Gasteiger partial charge is 0.328 e. The molecule has 1 rings (SSSR count). The summed E-state index contributed by atoms with van der Waals surface area (Å²) in [6, 6.07) is -0.536. The molecule has 0 saturated heterocycles. The lowest BCUT2D eigenvalue weighted by Gasteiger charge is -2.13. The minimum absolute atomic E-state index is 0.0440. The van der Waals surface area contributed by atoms with Crippen molar-refractivity contribution in [3.63, 3.8) is 0 Å². The molecule has 1 amide bonds. The Morgan fingerprint density at radius 1 is 1.35 bits per heavy atom. The average molecular weight is 241 g/mol. The molecule has 0 aromatic rings. The number of esters is 1. The largest absolute Gasteiger partial charge is 0.464 e. The molecule has 0 heterocycles. The molecular weight excluding hydrogens is 218 g/mol. The number of rotatable bonds is 6. The SMILES string of the molecule is CCOC(=O)C(C)NC(=O)CCC1CCCC1. The fraction of sp³-hybridized carbons (Fsp3) is 0.846. The van der Waals surface area contributed by atoms with Crippen molar-refractivity contribution >= 4 is 11.9 Å². The van der Waals surface area contributed by atoms with Gasteiger partial charge in [0.05, 0.1) is 6.61 Å². The Hall–Kier alpha value is -1.06. The van der Waals surface area contributed by atoms with Gasteiger partial charge in [-0.25, -0.2) is 4.79 Å². The predicted octanol–water partition coefficient (Wildman–Crippen LogP) is 2.02. The first-order chi connectivity index (χ1) is 8.13. The minimum atomic E-state index is -0.536. The number of hydrogen-bond acceptors (Lipinski definition) is 3. The van der Waals surface area contributed by atoms with Crippen molar-refractivity contribution in [3.05, 3.63) is 0 Å². The Morgan fingerprint density at radius 2 is 2.00 bits per heavy atom. The maximum Gasteiger partial charge on any atom is 0.328 e. The Balaban J connectivity index is 2.17. The molecule has 4 heteroatoms. The van der Waals surface area contributed by atoms with Crippen LogP contribution in [-0.4, -0.2) is 24.5 Å². The van der Waals surface area contributed by atoms with Crippen molar-refractivity contribution < 1.29 is 14.3 Å². The predicted molar refractivity (Wildman–Crippen MR) is 65.4 cm³/mol. The third-order valence-corrected chi connectivity index (χ3v) is 3.27. The first-order valence-electron chi connectivity index (χ1n) is 6.59. The van der Waals surface area contributed by atoms with Gasteiger partial charge < -0.3 is 10.1 Å². The second kappa shape index (κ2) is 7.30. The molecule has 1 saturated carbocycles. The van der Waals surface area contributed by atoms with E-state index in [-0.39, 0.29) is 11.9 Å². The van der Waals surface area contributed by atoms with Gasteiger partial charge >= 0.3 is 5.97 Å². The highest BCUT2D eigenvalue weighted by Crippen LogP contribution is 2.28. The number of carbonyl (C=O) groups is 2. The van der Waals surface area contributed by atoms with Gasteiger partial charge in [-0.05, 0) is 26.2 Å². The highest BCUT2D eigenvalue weighted by atomic mass is 16.5. The molecule has 1 aliphatic rings. The molecular formula is C13H23NO3. The van der Waals surface area contributed by atoms with Crippen LogP contribution in [0, 0.1) is 5.92 Å². The van der Waals surface area contributed by atoms with Crippen molar-refractivity contribution in [2.24, 2.45) is 5.92 Å². The zero-order valence-corrected chi connectivity index (χ0v) is 10.8. The summed E-state index contributed by atoms with van der Waals surface area (Å²) in [6.07, 6.45) is 6.56. The summed E-state index contributed by atoms with van der Waals surface area (Å²) < 4.78 is 4.83. The van der Waals surface area contributed by atoms with Gasteiger partial charge in [0.2, 0.25) is 5.91 Å². The molecule has 0 bridgehead atoms. The molecule has 1 aliphatic carbocycles. The highest BCUT2D eigenvalue weighted by Gasteiger charge is 2.19. The molecule has 0 aromatic carbocycles. The van der Waals surface area contributed by atoms with Crippen LogP contribution in [0.25, 0.3) is 0 Å². The van der Waals surface area contributed by atoms with Gasteiger partial charge in [-0.15, -0.1) is 0 Å².